The molecule has 0 aromatic rings. The van der Waals surface area contributed by atoms with Gasteiger partial charge in [-0.1, -0.05) is 6.92 Å². The van der Waals surface area contributed by atoms with E-state index in [-0.39, 0.29) is 30.3 Å². The van der Waals surface area contributed by atoms with E-state index < -0.39 is 0 Å². The Morgan fingerprint density at radius 3 is 2.40 bits per heavy atom. The van der Waals surface area contributed by atoms with Crippen molar-refractivity contribution >= 4 is 11.8 Å². The summed E-state index contributed by atoms with van der Waals surface area (Å²) in [6, 6.07) is 0.0466. The maximum absolute atomic E-state index is 11.7. The molecule has 2 atom stereocenters. The van der Waals surface area contributed by atoms with Gasteiger partial charge < -0.3 is 16.4 Å². The van der Waals surface area contributed by atoms with Crippen LogP contribution in [-0.4, -0.2) is 35.3 Å². The summed E-state index contributed by atoms with van der Waals surface area (Å²) in [7, 11) is 0. The molecule has 1 aliphatic rings. The molecule has 0 saturated carbocycles. The lowest BCUT2D eigenvalue weighted by molar-refractivity contribution is -0.134. The van der Waals surface area contributed by atoms with Crippen LogP contribution in [0.2, 0.25) is 0 Å². The van der Waals surface area contributed by atoms with E-state index in [1.807, 2.05) is 6.92 Å². The Kier molecular flexibility index (Phi) is 4.08. The van der Waals surface area contributed by atoms with Crippen LogP contribution in [0.25, 0.3) is 0 Å². The highest BCUT2D eigenvalue weighted by molar-refractivity contribution is 5.79. The second kappa shape index (κ2) is 5.11. The van der Waals surface area contributed by atoms with Crippen LogP contribution in [0.1, 0.15) is 32.6 Å². The normalized spacial score (nSPS) is 25.6. The largest absolute Gasteiger partial charge is 0.370 e. The minimum atomic E-state index is -0.355. The number of nitrogens with two attached hydrogens (primary N) is 2. The Morgan fingerprint density at radius 1 is 1.33 bits per heavy atom. The summed E-state index contributed by atoms with van der Waals surface area (Å²) in [6.45, 7) is 2.27. The third kappa shape index (κ3) is 2.68. The molecule has 1 aliphatic heterocycles. The van der Waals surface area contributed by atoms with Crippen molar-refractivity contribution in [1.82, 2.24) is 4.90 Å². The van der Waals surface area contributed by atoms with E-state index in [0.717, 1.165) is 12.8 Å². The molecule has 1 heterocycles. The van der Waals surface area contributed by atoms with Crippen LogP contribution >= 0.6 is 0 Å². The van der Waals surface area contributed by atoms with Crippen molar-refractivity contribution in [3.05, 3.63) is 0 Å². The van der Waals surface area contributed by atoms with Gasteiger partial charge in [-0.05, 0) is 12.8 Å². The van der Waals surface area contributed by atoms with E-state index in [0.29, 0.717) is 13.0 Å². The van der Waals surface area contributed by atoms with Crippen molar-refractivity contribution in [1.29, 1.82) is 0 Å². The van der Waals surface area contributed by atoms with Gasteiger partial charge >= 0.3 is 0 Å². The zero-order valence-corrected chi connectivity index (χ0v) is 9.11. The number of carbonyl (C=O) groups is 2. The summed E-state index contributed by atoms with van der Waals surface area (Å²) >= 11 is 0. The first-order valence-electron chi connectivity index (χ1n) is 5.39. The fourth-order valence-corrected chi connectivity index (χ4v) is 2.21. The van der Waals surface area contributed by atoms with Gasteiger partial charge in [0, 0.05) is 31.5 Å². The molecule has 1 saturated heterocycles. The number of hydrogen-bond acceptors (Lipinski definition) is 3. The molecular formula is C10H19N3O2. The Morgan fingerprint density at radius 2 is 1.93 bits per heavy atom. The molecule has 15 heavy (non-hydrogen) atoms. The van der Waals surface area contributed by atoms with Gasteiger partial charge in [0.1, 0.15) is 0 Å². The number of carbonyl (C=O) groups excluding carboxylic acids is 2. The van der Waals surface area contributed by atoms with Gasteiger partial charge in [-0.2, -0.15) is 0 Å². The molecule has 0 spiro atoms. The smallest absolute Gasteiger partial charge is 0.222 e. The highest BCUT2D eigenvalue weighted by Crippen LogP contribution is 2.26. The van der Waals surface area contributed by atoms with E-state index in [1.54, 1.807) is 4.90 Å². The zero-order valence-electron chi connectivity index (χ0n) is 9.11. The SMILES string of the molecule is CCC(=O)N1[C@H](CN)CC[C@@H]1CC(N)=O. The van der Waals surface area contributed by atoms with Crippen LogP contribution in [0.4, 0.5) is 0 Å². The van der Waals surface area contributed by atoms with Crippen molar-refractivity contribution in [3.63, 3.8) is 0 Å². The molecule has 86 valence electrons. The fraction of sp³-hybridized carbons (Fsp3) is 0.800. The van der Waals surface area contributed by atoms with Gasteiger partial charge in [-0.15, -0.1) is 0 Å². The van der Waals surface area contributed by atoms with Gasteiger partial charge in [-0.25, -0.2) is 0 Å². The highest BCUT2D eigenvalue weighted by Gasteiger charge is 2.35. The van der Waals surface area contributed by atoms with Gasteiger partial charge in [0.25, 0.3) is 0 Å². The van der Waals surface area contributed by atoms with Crippen molar-refractivity contribution in [2.75, 3.05) is 6.54 Å². The van der Waals surface area contributed by atoms with Crippen LogP contribution in [-0.2, 0) is 9.59 Å². The summed E-state index contributed by atoms with van der Waals surface area (Å²) in [5, 5.41) is 0. The lowest BCUT2D eigenvalue weighted by Gasteiger charge is -2.29. The highest BCUT2D eigenvalue weighted by atomic mass is 16.2. The van der Waals surface area contributed by atoms with Gasteiger partial charge in [0.2, 0.25) is 11.8 Å². The van der Waals surface area contributed by atoms with E-state index >= 15 is 0 Å². The molecule has 0 unspecified atom stereocenters. The number of nitrogens with zero attached hydrogens (tertiary/aromatic N) is 1. The van der Waals surface area contributed by atoms with E-state index in [1.165, 1.54) is 0 Å². The number of amides is 2. The van der Waals surface area contributed by atoms with Crippen molar-refractivity contribution < 1.29 is 9.59 Å². The van der Waals surface area contributed by atoms with Crippen molar-refractivity contribution in [2.45, 2.75) is 44.7 Å². The molecule has 0 radical (unpaired) electrons. The fourth-order valence-electron chi connectivity index (χ4n) is 2.21. The first-order chi connectivity index (χ1) is 7.10. The number of hydrogen-bond donors (Lipinski definition) is 2. The molecule has 0 aliphatic carbocycles. The second-order valence-electron chi connectivity index (χ2n) is 3.95. The summed E-state index contributed by atoms with van der Waals surface area (Å²) in [6.07, 6.45) is 2.41. The molecule has 5 nitrogen and oxygen atoms in total. The average molecular weight is 213 g/mol. The number of primary amides is 1. The molecule has 0 bridgehead atoms. The standard InChI is InChI=1S/C10H19N3O2/c1-2-10(15)13-7(5-9(12)14)3-4-8(13)6-11/h7-8H,2-6,11H2,1H3,(H2,12,14)/t7-,8+/m1/s1. The molecular weight excluding hydrogens is 194 g/mol. The van der Waals surface area contributed by atoms with Gasteiger partial charge in [0.15, 0.2) is 0 Å². The predicted octanol–water partition coefficient (Wildman–Crippen LogP) is -0.410. The summed E-state index contributed by atoms with van der Waals surface area (Å²) in [4.78, 5) is 24.3. The molecule has 5 heteroatoms. The van der Waals surface area contributed by atoms with Gasteiger partial charge in [-0.3, -0.25) is 9.59 Å². The van der Waals surface area contributed by atoms with Crippen molar-refractivity contribution in [2.24, 2.45) is 11.5 Å². The first kappa shape index (κ1) is 12.0. The van der Waals surface area contributed by atoms with E-state index in [2.05, 4.69) is 0 Å². The zero-order chi connectivity index (χ0) is 11.4. The van der Waals surface area contributed by atoms with Crippen LogP contribution in [0.15, 0.2) is 0 Å². The van der Waals surface area contributed by atoms with E-state index in [4.69, 9.17) is 11.5 Å². The minimum absolute atomic E-state index is 0.0384. The quantitative estimate of drug-likeness (QED) is 0.665. The minimum Gasteiger partial charge on any atom is -0.370 e. The van der Waals surface area contributed by atoms with Crippen LogP contribution < -0.4 is 11.5 Å². The number of rotatable bonds is 4. The average Bonchev–Trinajstić information content (AvgIpc) is 2.58. The van der Waals surface area contributed by atoms with Crippen LogP contribution in [0, 0.1) is 0 Å². The topological polar surface area (TPSA) is 89.4 Å². The third-order valence-corrected chi connectivity index (χ3v) is 2.92. The molecule has 1 rings (SSSR count). The van der Waals surface area contributed by atoms with Crippen molar-refractivity contribution in [3.8, 4) is 0 Å². The molecule has 0 aromatic carbocycles. The van der Waals surface area contributed by atoms with Gasteiger partial charge in [0.05, 0.1) is 0 Å². The summed E-state index contributed by atoms with van der Waals surface area (Å²) < 4.78 is 0. The Bertz CT molecular complexity index is 255. The molecule has 1 fully saturated rings. The lowest BCUT2D eigenvalue weighted by Crippen LogP contribution is -2.45. The van der Waals surface area contributed by atoms with Crippen LogP contribution in [0.5, 0.6) is 0 Å². The first-order valence-corrected chi connectivity index (χ1v) is 5.39. The Labute approximate surface area is 89.8 Å². The predicted molar refractivity (Wildman–Crippen MR) is 56.8 cm³/mol. The Balaban J connectivity index is 2.71. The van der Waals surface area contributed by atoms with Crippen LogP contribution in [0.3, 0.4) is 0 Å². The summed E-state index contributed by atoms with van der Waals surface area (Å²) in [5.74, 6) is -0.291. The van der Waals surface area contributed by atoms with E-state index in [9.17, 15) is 9.59 Å². The Hall–Kier alpha value is -1.10. The molecule has 0 aromatic heterocycles. The molecule has 4 N–H and O–H groups in total. The maximum Gasteiger partial charge on any atom is 0.222 e. The maximum atomic E-state index is 11.7. The second-order valence-corrected chi connectivity index (χ2v) is 3.95. The number of likely N-dealkylation sites (tertiary alicyclic amines) is 1. The lowest BCUT2D eigenvalue weighted by atomic mass is 10.1. The molecule has 2 amide bonds. The monoisotopic (exact) mass is 213 g/mol. The summed E-state index contributed by atoms with van der Waals surface area (Å²) in [5.41, 5.74) is 10.8. The third-order valence-electron chi connectivity index (χ3n) is 2.92.